The number of aliphatic carboxylic acids is 1. The van der Waals surface area contributed by atoms with Crippen molar-refractivity contribution in [1.82, 2.24) is 0 Å². The van der Waals surface area contributed by atoms with Gasteiger partial charge >= 0.3 is 11.6 Å². The molecule has 0 spiro atoms. The van der Waals surface area contributed by atoms with Crippen LogP contribution in [0.15, 0.2) is 39.5 Å². The summed E-state index contributed by atoms with van der Waals surface area (Å²) >= 11 is 0. The van der Waals surface area contributed by atoms with E-state index in [2.05, 4.69) is 0 Å². The van der Waals surface area contributed by atoms with E-state index in [0.29, 0.717) is 12.0 Å². The second kappa shape index (κ2) is 4.18. The minimum atomic E-state index is -0.865. The van der Waals surface area contributed by atoms with Crippen molar-refractivity contribution in [1.29, 1.82) is 0 Å². The zero-order valence-electron chi connectivity index (χ0n) is 8.47. The van der Waals surface area contributed by atoms with Gasteiger partial charge in [-0.1, -0.05) is 18.2 Å². The van der Waals surface area contributed by atoms with E-state index in [9.17, 15) is 9.59 Å². The van der Waals surface area contributed by atoms with Crippen molar-refractivity contribution in [2.45, 2.75) is 12.8 Å². The van der Waals surface area contributed by atoms with Crippen molar-refractivity contribution in [2.24, 2.45) is 0 Å². The lowest BCUT2D eigenvalue weighted by Crippen LogP contribution is -2.00. The highest BCUT2D eigenvalue weighted by Crippen LogP contribution is 2.18. The lowest BCUT2D eigenvalue weighted by atomic mass is 10.1. The summed E-state index contributed by atoms with van der Waals surface area (Å²) in [5, 5.41) is 9.42. The standard InChI is InChI=1S/C12H10O4/c13-10(14)6-4-8-2-1-3-9-5-7-11(15)16-12(8)9/h1-3,5,7H,4,6H2,(H,13,14). The molecule has 0 aliphatic carbocycles. The van der Waals surface area contributed by atoms with Gasteiger partial charge in [-0.3, -0.25) is 4.79 Å². The molecule has 0 saturated carbocycles. The highest BCUT2D eigenvalue weighted by molar-refractivity contribution is 5.80. The van der Waals surface area contributed by atoms with Gasteiger partial charge in [0, 0.05) is 17.9 Å². The predicted octanol–water partition coefficient (Wildman–Crippen LogP) is 1.81. The summed E-state index contributed by atoms with van der Waals surface area (Å²) in [6.07, 6.45) is 0.386. The Morgan fingerprint density at radius 2 is 2.06 bits per heavy atom. The minimum absolute atomic E-state index is 0.0255. The molecule has 82 valence electrons. The SMILES string of the molecule is O=C(O)CCc1cccc2ccc(=O)oc12. The van der Waals surface area contributed by atoms with Crippen molar-refractivity contribution in [3.05, 3.63) is 46.3 Å². The van der Waals surface area contributed by atoms with Crippen molar-refractivity contribution in [3.8, 4) is 0 Å². The highest BCUT2D eigenvalue weighted by atomic mass is 16.4. The van der Waals surface area contributed by atoms with E-state index >= 15 is 0 Å². The van der Waals surface area contributed by atoms with E-state index < -0.39 is 11.6 Å². The average Bonchev–Trinajstić information content (AvgIpc) is 2.26. The van der Waals surface area contributed by atoms with Crippen LogP contribution in [0, 0.1) is 0 Å². The van der Waals surface area contributed by atoms with Crippen LogP contribution in [-0.2, 0) is 11.2 Å². The molecule has 2 rings (SSSR count). The third-order valence-corrected chi connectivity index (χ3v) is 2.34. The zero-order valence-corrected chi connectivity index (χ0v) is 8.47. The molecule has 0 fully saturated rings. The molecule has 2 aromatic rings. The van der Waals surface area contributed by atoms with Gasteiger partial charge in [0.25, 0.3) is 0 Å². The maximum atomic E-state index is 11.1. The van der Waals surface area contributed by atoms with E-state index in [0.717, 1.165) is 10.9 Å². The zero-order chi connectivity index (χ0) is 11.5. The molecule has 0 aliphatic heterocycles. The quantitative estimate of drug-likeness (QED) is 0.798. The molecular formula is C12H10O4. The lowest BCUT2D eigenvalue weighted by molar-refractivity contribution is -0.136. The molecule has 1 heterocycles. The molecule has 0 radical (unpaired) electrons. The van der Waals surface area contributed by atoms with Crippen molar-refractivity contribution >= 4 is 16.9 Å². The number of benzene rings is 1. The van der Waals surface area contributed by atoms with Gasteiger partial charge in [0.05, 0.1) is 0 Å². The van der Waals surface area contributed by atoms with E-state index in [-0.39, 0.29) is 6.42 Å². The molecular weight excluding hydrogens is 208 g/mol. The summed E-state index contributed by atoms with van der Waals surface area (Å²) in [4.78, 5) is 21.6. The Balaban J connectivity index is 2.47. The van der Waals surface area contributed by atoms with Crippen LogP contribution in [0.5, 0.6) is 0 Å². The number of hydrogen-bond acceptors (Lipinski definition) is 3. The molecule has 0 saturated heterocycles. The highest BCUT2D eigenvalue weighted by Gasteiger charge is 2.06. The molecule has 1 N–H and O–H groups in total. The van der Waals surface area contributed by atoms with Crippen LogP contribution in [0.25, 0.3) is 11.0 Å². The molecule has 16 heavy (non-hydrogen) atoms. The van der Waals surface area contributed by atoms with Crippen LogP contribution < -0.4 is 5.63 Å². The Kier molecular flexibility index (Phi) is 2.72. The van der Waals surface area contributed by atoms with Gasteiger partial charge in [0.2, 0.25) is 0 Å². The Bertz CT molecular complexity index is 583. The first kappa shape index (κ1) is 10.4. The Labute approximate surface area is 91.1 Å². The first-order valence-electron chi connectivity index (χ1n) is 4.90. The molecule has 0 bridgehead atoms. The van der Waals surface area contributed by atoms with Gasteiger partial charge in [0.1, 0.15) is 5.58 Å². The second-order valence-corrected chi connectivity index (χ2v) is 3.48. The smallest absolute Gasteiger partial charge is 0.336 e. The molecule has 4 heteroatoms. The minimum Gasteiger partial charge on any atom is -0.481 e. The summed E-state index contributed by atoms with van der Waals surface area (Å²) in [5.74, 6) is -0.865. The van der Waals surface area contributed by atoms with E-state index in [1.54, 1.807) is 12.1 Å². The third kappa shape index (κ3) is 2.11. The fourth-order valence-corrected chi connectivity index (χ4v) is 1.59. The Hall–Kier alpha value is -2.10. The Morgan fingerprint density at radius 3 is 2.81 bits per heavy atom. The Morgan fingerprint density at radius 1 is 1.25 bits per heavy atom. The first-order valence-corrected chi connectivity index (χ1v) is 4.90. The van der Waals surface area contributed by atoms with Crippen LogP contribution in [0.4, 0.5) is 0 Å². The van der Waals surface area contributed by atoms with Crippen molar-refractivity contribution < 1.29 is 14.3 Å². The molecule has 1 aromatic heterocycles. The summed E-state index contributed by atoms with van der Waals surface area (Å²) in [6.45, 7) is 0. The summed E-state index contributed by atoms with van der Waals surface area (Å²) in [7, 11) is 0. The van der Waals surface area contributed by atoms with Gasteiger partial charge < -0.3 is 9.52 Å². The topological polar surface area (TPSA) is 67.5 Å². The van der Waals surface area contributed by atoms with Crippen LogP contribution >= 0.6 is 0 Å². The molecule has 0 amide bonds. The van der Waals surface area contributed by atoms with Gasteiger partial charge in [0.15, 0.2) is 0 Å². The summed E-state index contributed by atoms with van der Waals surface area (Å²) < 4.78 is 5.08. The van der Waals surface area contributed by atoms with Crippen molar-refractivity contribution in [3.63, 3.8) is 0 Å². The number of carboxylic acid groups (broad SMARTS) is 1. The second-order valence-electron chi connectivity index (χ2n) is 3.48. The normalized spacial score (nSPS) is 10.5. The molecule has 0 aliphatic rings. The van der Waals surface area contributed by atoms with Crippen LogP contribution in [0.3, 0.4) is 0 Å². The number of carboxylic acids is 1. The van der Waals surface area contributed by atoms with Crippen LogP contribution in [-0.4, -0.2) is 11.1 Å². The first-order chi connectivity index (χ1) is 7.66. The van der Waals surface area contributed by atoms with Gasteiger partial charge in [-0.05, 0) is 18.1 Å². The number of carbonyl (C=O) groups is 1. The number of hydrogen-bond donors (Lipinski definition) is 1. The monoisotopic (exact) mass is 218 g/mol. The van der Waals surface area contributed by atoms with Gasteiger partial charge in [-0.15, -0.1) is 0 Å². The van der Waals surface area contributed by atoms with Gasteiger partial charge in [-0.25, -0.2) is 4.79 Å². The van der Waals surface area contributed by atoms with Crippen LogP contribution in [0.2, 0.25) is 0 Å². The van der Waals surface area contributed by atoms with E-state index in [1.165, 1.54) is 6.07 Å². The van der Waals surface area contributed by atoms with Gasteiger partial charge in [-0.2, -0.15) is 0 Å². The molecule has 4 nitrogen and oxygen atoms in total. The number of fused-ring (bicyclic) bond motifs is 1. The average molecular weight is 218 g/mol. The van der Waals surface area contributed by atoms with Crippen molar-refractivity contribution in [2.75, 3.05) is 0 Å². The fraction of sp³-hybridized carbons (Fsp3) is 0.167. The maximum absolute atomic E-state index is 11.1. The summed E-state index contributed by atoms with van der Waals surface area (Å²) in [5.41, 5.74) is 0.809. The molecule has 0 atom stereocenters. The summed E-state index contributed by atoms with van der Waals surface area (Å²) in [6, 6.07) is 8.44. The predicted molar refractivity (Wildman–Crippen MR) is 58.4 cm³/mol. The third-order valence-electron chi connectivity index (χ3n) is 2.34. The molecule has 1 aromatic carbocycles. The maximum Gasteiger partial charge on any atom is 0.336 e. The number of aryl methyl sites for hydroxylation is 1. The molecule has 0 unspecified atom stereocenters. The fourth-order valence-electron chi connectivity index (χ4n) is 1.59. The number of rotatable bonds is 3. The lowest BCUT2D eigenvalue weighted by Gasteiger charge is -2.02. The number of para-hydroxylation sites is 1. The largest absolute Gasteiger partial charge is 0.481 e. The van der Waals surface area contributed by atoms with E-state index in [4.69, 9.17) is 9.52 Å². The van der Waals surface area contributed by atoms with E-state index in [1.807, 2.05) is 12.1 Å². The van der Waals surface area contributed by atoms with Crippen LogP contribution in [0.1, 0.15) is 12.0 Å².